The number of nitrogens with one attached hydrogen (secondary N) is 1. The Hall–Kier alpha value is -0.930. The third-order valence-electron chi connectivity index (χ3n) is 2.96. The normalized spacial score (nSPS) is 12.9. The summed E-state index contributed by atoms with van der Waals surface area (Å²) in [4.78, 5) is 0. The van der Waals surface area contributed by atoms with Crippen LogP contribution in [0.5, 0.6) is 0 Å². The highest BCUT2D eigenvalue weighted by Gasteiger charge is 2.07. The Balaban J connectivity index is 2.15. The van der Waals surface area contributed by atoms with Gasteiger partial charge in [0.2, 0.25) is 0 Å². The van der Waals surface area contributed by atoms with Crippen LogP contribution in [0.15, 0.2) is 24.3 Å². The van der Waals surface area contributed by atoms with Gasteiger partial charge in [-0.15, -0.1) is 0 Å². The lowest BCUT2D eigenvalue weighted by Crippen LogP contribution is -2.22. The van der Waals surface area contributed by atoms with Gasteiger partial charge in [-0.2, -0.15) is 0 Å². The van der Waals surface area contributed by atoms with Gasteiger partial charge in [-0.25, -0.2) is 4.39 Å². The molecule has 0 fully saturated rings. The Morgan fingerprint density at radius 3 is 2.72 bits per heavy atom. The number of benzene rings is 1. The highest BCUT2D eigenvalue weighted by Crippen LogP contribution is 2.13. The SMILES string of the molecule is CC(C)CCCCNCC(O)c1cccc(F)c1. The van der Waals surface area contributed by atoms with Crippen LogP contribution in [0.1, 0.15) is 44.8 Å². The van der Waals surface area contributed by atoms with E-state index in [1.165, 1.54) is 25.0 Å². The molecule has 0 bridgehead atoms. The zero-order chi connectivity index (χ0) is 13.4. The smallest absolute Gasteiger partial charge is 0.123 e. The van der Waals surface area contributed by atoms with Gasteiger partial charge in [-0.3, -0.25) is 0 Å². The molecule has 3 heteroatoms. The minimum atomic E-state index is -0.634. The summed E-state index contributed by atoms with van der Waals surface area (Å²) in [6.07, 6.45) is 2.94. The molecule has 1 aromatic rings. The molecule has 1 aromatic carbocycles. The van der Waals surface area contributed by atoms with Gasteiger partial charge < -0.3 is 10.4 Å². The van der Waals surface area contributed by atoms with Crippen molar-refractivity contribution in [2.45, 2.75) is 39.2 Å². The summed E-state index contributed by atoms with van der Waals surface area (Å²) in [6.45, 7) is 5.83. The Morgan fingerprint density at radius 1 is 1.28 bits per heavy atom. The van der Waals surface area contributed by atoms with E-state index < -0.39 is 6.10 Å². The lowest BCUT2D eigenvalue weighted by atomic mass is 10.1. The predicted octanol–water partition coefficient (Wildman–Crippen LogP) is 3.28. The molecule has 1 rings (SSSR count). The lowest BCUT2D eigenvalue weighted by Gasteiger charge is -2.12. The number of halogens is 1. The summed E-state index contributed by atoms with van der Waals surface area (Å²) >= 11 is 0. The van der Waals surface area contributed by atoms with Gasteiger partial charge in [-0.1, -0.05) is 38.8 Å². The van der Waals surface area contributed by atoms with Crippen LogP contribution < -0.4 is 5.32 Å². The molecular formula is C15H24FNO. The number of unbranched alkanes of at least 4 members (excludes halogenated alkanes) is 1. The molecule has 0 aromatic heterocycles. The van der Waals surface area contributed by atoms with Gasteiger partial charge in [-0.05, 0) is 36.6 Å². The molecule has 0 radical (unpaired) electrons. The van der Waals surface area contributed by atoms with Gasteiger partial charge >= 0.3 is 0 Å². The number of aliphatic hydroxyl groups excluding tert-OH is 1. The molecule has 1 atom stereocenters. The van der Waals surface area contributed by atoms with Crippen LogP contribution in [0.3, 0.4) is 0 Å². The van der Waals surface area contributed by atoms with Crippen molar-refractivity contribution >= 4 is 0 Å². The van der Waals surface area contributed by atoms with Gasteiger partial charge in [0, 0.05) is 6.54 Å². The largest absolute Gasteiger partial charge is 0.387 e. The summed E-state index contributed by atoms with van der Waals surface area (Å²) in [5, 5.41) is 13.1. The quantitative estimate of drug-likeness (QED) is 0.697. The van der Waals surface area contributed by atoms with Crippen molar-refractivity contribution in [3.8, 4) is 0 Å². The minimum absolute atomic E-state index is 0.302. The molecule has 0 aliphatic heterocycles. The fraction of sp³-hybridized carbons (Fsp3) is 0.600. The van der Waals surface area contributed by atoms with E-state index in [4.69, 9.17) is 0 Å². The van der Waals surface area contributed by atoms with E-state index in [9.17, 15) is 9.50 Å². The number of rotatable bonds is 8. The van der Waals surface area contributed by atoms with Crippen LogP contribution in [0.25, 0.3) is 0 Å². The summed E-state index contributed by atoms with van der Waals surface area (Å²) < 4.78 is 13.0. The molecule has 0 saturated carbocycles. The molecule has 0 saturated heterocycles. The number of hydrogen-bond acceptors (Lipinski definition) is 2. The van der Waals surface area contributed by atoms with Crippen molar-refractivity contribution in [2.24, 2.45) is 5.92 Å². The Kier molecular flexibility index (Phi) is 6.91. The first-order valence-corrected chi connectivity index (χ1v) is 6.74. The van der Waals surface area contributed by atoms with Crippen LogP contribution in [0.2, 0.25) is 0 Å². The van der Waals surface area contributed by atoms with E-state index in [1.54, 1.807) is 12.1 Å². The molecule has 102 valence electrons. The zero-order valence-corrected chi connectivity index (χ0v) is 11.3. The van der Waals surface area contributed by atoms with Crippen LogP contribution in [-0.2, 0) is 0 Å². The fourth-order valence-corrected chi connectivity index (χ4v) is 1.87. The standard InChI is InChI=1S/C15H24FNO/c1-12(2)6-3-4-9-17-11-15(18)13-7-5-8-14(16)10-13/h5,7-8,10,12,15,17-18H,3-4,6,9,11H2,1-2H3. The van der Waals surface area contributed by atoms with Gasteiger partial charge in [0.05, 0.1) is 6.10 Å². The fourth-order valence-electron chi connectivity index (χ4n) is 1.87. The van der Waals surface area contributed by atoms with Crippen molar-refractivity contribution < 1.29 is 9.50 Å². The molecule has 2 nitrogen and oxygen atoms in total. The summed E-state index contributed by atoms with van der Waals surface area (Å²) in [5.41, 5.74) is 0.629. The monoisotopic (exact) mass is 253 g/mol. The summed E-state index contributed by atoms with van der Waals surface area (Å²) in [5.74, 6) is 0.450. The second-order valence-corrected chi connectivity index (χ2v) is 5.16. The van der Waals surface area contributed by atoms with Gasteiger partial charge in [0.25, 0.3) is 0 Å². The molecule has 0 aliphatic rings. The Bertz CT molecular complexity index is 341. The van der Waals surface area contributed by atoms with Crippen molar-refractivity contribution in [3.63, 3.8) is 0 Å². The average molecular weight is 253 g/mol. The van der Waals surface area contributed by atoms with E-state index >= 15 is 0 Å². The van der Waals surface area contributed by atoms with Gasteiger partial charge in [0.1, 0.15) is 5.82 Å². The highest BCUT2D eigenvalue weighted by atomic mass is 19.1. The minimum Gasteiger partial charge on any atom is -0.387 e. The molecule has 1 unspecified atom stereocenters. The van der Waals surface area contributed by atoms with Crippen molar-refractivity contribution in [2.75, 3.05) is 13.1 Å². The maximum atomic E-state index is 13.0. The molecule has 0 spiro atoms. The molecular weight excluding hydrogens is 229 g/mol. The molecule has 0 amide bonds. The van der Waals surface area contributed by atoms with Crippen molar-refractivity contribution in [1.82, 2.24) is 5.32 Å². The maximum Gasteiger partial charge on any atom is 0.123 e. The van der Waals surface area contributed by atoms with E-state index in [0.717, 1.165) is 18.9 Å². The van der Waals surface area contributed by atoms with Crippen LogP contribution in [0.4, 0.5) is 4.39 Å². The predicted molar refractivity (Wildman–Crippen MR) is 72.9 cm³/mol. The van der Waals surface area contributed by atoms with Crippen LogP contribution in [0, 0.1) is 11.7 Å². The average Bonchev–Trinajstić information content (AvgIpc) is 2.33. The van der Waals surface area contributed by atoms with Crippen molar-refractivity contribution in [1.29, 1.82) is 0 Å². The number of hydrogen-bond donors (Lipinski definition) is 2. The summed E-state index contributed by atoms with van der Waals surface area (Å²) in [6, 6.07) is 6.13. The van der Waals surface area contributed by atoms with Gasteiger partial charge in [0.15, 0.2) is 0 Å². The maximum absolute atomic E-state index is 13.0. The van der Waals surface area contributed by atoms with E-state index in [1.807, 2.05) is 0 Å². The Labute approximate surface area is 109 Å². The third-order valence-corrected chi connectivity index (χ3v) is 2.96. The lowest BCUT2D eigenvalue weighted by molar-refractivity contribution is 0.174. The highest BCUT2D eigenvalue weighted by molar-refractivity contribution is 5.18. The molecule has 0 heterocycles. The zero-order valence-electron chi connectivity index (χ0n) is 11.3. The first-order valence-electron chi connectivity index (χ1n) is 6.74. The second-order valence-electron chi connectivity index (χ2n) is 5.16. The molecule has 2 N–H and O–H groups in total. The third kappa shape index (κ3) is 6.12. The Morgan fingerprint density at radius 2 is 2.06 bits per heavy atom. The van der Waals surface area contributed by atoms with E-state index in [2.05, 4.69) is 19.2 Å². The van der Waals surface area contributed by atoms with Crippen LogP contribution in [-0.4, -0.2) is 18.2 Å². The first-order chi connectivity index (χ1) is 8.59. The van der Waals surface area contributed by atoms with Crippen LogP contribution >= 0.6 is 0 Å². The number of aliphatic hydroxyl groups is 1. The second kappa shape index (κ2) is 8.22. The van der Waals surface area contributed by atoms with E-state index in [-0.39, 0.29) is 5.82 Å². The molecule has 0 aliphatic carbocycles. The topological polar surface area (TPSA) is 32.3 Å². The molecule has 18 heavy (non-hydrogen) atoms. The van der Waals surface area contributed by atoms with E-state index in [0.29, 0.717) is 12.1 Å². The summed E-state index contributed by atoms with van der Waals surface area (Å²) in [7, 11) is 0. The van der Waals surface area contributed by atoms with Crippen molar-refractivity contribution in [3.05, 3.63) is 35.6 Å². The first kappa shape index (κ1) is 15.1.